The number of ether oxygens (including phenoxy) is 1. The Kier molecular flexibility index (Phi) is 3.19. The Labute approximate surface area is 89.6 Å². The van der Waals surface area contributed by atoms with Crippen molar-refractivity contribution in [3.63, 3.8) is 0 Å². The molecule has 0 heterocycles. The van der Waals surface area contributed by atoms with E-state index in [4.69, 9.17) is 9.84 Å². The number of carbonyl (C=O) groups is 2. The fourth-order valence-corrected chi connectivity index (χ4v) is 2.29. The minimum Gasteiger partial charge on any atom is -0.465 e. The normalized spacial score (nSPS) is 34.8. The van der Waals surface area contributed by atoms with Crippen molar-refractivity contribution in [1.29, 1.82) is 0 Å². The van der Waals surface area contributed by atoms with E-state index in [1.807, 2.05) is 0 Å². The second-order valence-electron chi connectivity index (χ2n) is 4.38. The highest BCUT2D eigenvalue weighted by molar-refractivity contribution is 6.11. The number of Topliss-reactive ketones (excluding diaryl/α,β-unsaturated/α-hetero) is 1. The second-order valence-corrected chi connectivity index (χ2v) is 4.38. The summed E-state index contributed by atoms with van der Waals surface area (Å²) in [6, 6.07) is 0. The van der Waals surface area contributed by atoms with Gasteiger partial charge in [-0.2, -0.15) is 0 Å². The molecule has 86 valence electrons. The minimum atomic E-state index is -0.993. The predicted molar refractivity (Wildman–Crippen MR) is 54.2 cm³/mol. The highest BCUT2D eigenvalue weighted by Crippen LogP contribution is 2.53. The molecule has 1 rings (SSSR count). The zero-order valence-electron chi connectivity index (χ0n) is 9.50. The van der Waals surface area contributed by atoms with Gasteiger partial charge in [0, 0.05) is 0 Å². The van der Waals surface area contributed by atoms with Gasteiger partial charge in [0.05, 0.1) is 18.6 Å². The molecule has 0 aromatic carbocycles. The number of hydrogen-bond acceptors (Lipinski definition) is 4. The van der Waals surface area contributed by atoms with Gasteiger partial charge in [-0.15, -0.1) is 0 Å². The van der Waals surface area contributed by atoms with E-state index in [-0.39, 0.29) is 19.0 Å². The average Bonchev–Trinajstić information content (AvgIpc) is 2.24. The number of ketones is 1. The first-order valence-electron chi connectivity index (χ1n) is 5.30. The molecular formula is C11H18O4. The van der Waals surface area contributed by atoms with Gasteiger partial charge in [-0.25, -0.2) is 0 Å². The van der Waals surface area contributed by atoms with E-state index < -0.39 is 16.8 Å². The average molecular weight is 214 g/mol. The van der Waals surface area contributed by atoms with Crippen LogP contribution in [-0.2, 0) is 14.3 Å². The first-order chi connectivity index (χ1) is 6.96. The van der Waals surface area contributed by atoms with Crippen LogP contribution in [0.2, 0.25) is 0 Å². The summed E-state index contributed by atoms with van der Waals surface area (Å²) >= 11 is 0. The van der Waals surface area contributed by atoms with Crippen molar-refractivity contribution in [2.75, 3.05) is 13.2 Å². The van der Waals surface area contributed by atoms with Crippen LogP contribution in [0, 0.1) is 10.8 Å². The van der Waals surface area contributed by atoms with Gasteiger partial charge in [0.1, 0.15) is 5.41 Å². The molecule has 1 aliphatic rings. The number of hydrogen-bond donors (Lipinski definition) is 1. The molecule has 0 spiro atoms. The number of aliphatic hydroxyl groups is 1. The molecule has 1 aliphatic carbocycles. The Morgan fingerprint density at radius 2 is 2.13 bits per heavy atom. The maximum Gasteiger partial charge on any atom is 0.319 e. The van der Waals surface area contributed by atoms with Crippen LogP contribution in [0.4, 0.5) is 0 Å². The van der Waals surface area contributed by atoms with Crippen LogP contribution in [0.3, 0.4) is 0 Å². The maximum atomic E-state index is 11.9. The summed E-state index contributed by atoms with van der Waals surface area (Å²) in [6.07, 6.45) is 0.838. The Hall–Kier alpha value is -0.900. The fraction of sp³-hybridized carbons (Fsp3) is 0.818. The predicted octanol–water partition coefficient (Wildman–Crippen LogP) is 0.917. The minimum absolute atomic E-state index is 0.182. The summed E-state index contributed by atoms with van der Waals surface area (Å²) in [7, 11) is 0. The van der Waals surface area contributed by atoms with Crippen LogP contribution in [-0.4, -0.2) is 30.1 Å². The SMILES string of the molecule is CCOC(=O)[C@]1(CC)C[C@@](C)(CO)C1=O. The molecule has 0 amide bonds. The van der Waals surface area contributed by atoms with Gasteiger partial charge < -0.3 is 9.84 Å². The van der Waals surface area contributed by atoms with E-state index in [9.17, 15) is 9.59 Å². The van der Waals surface area contributed by atoms with E-state index in [2.05, 4.69) is 0 Å². The number of rotatable bonds is 4. The molecule has 0 aromatic heterocycles. The molecule has 0 aromatic rings. The van der Waals surface area contributed by atoms with Crippen molar-refractivity contribution in [2.45, 2.75) is 33.6 Å². The molecule has 1 fully saturated rings. The Bertz CT molecular complexity index is 286. The zero-order valence-corrected chi connectivity index (χ0v) is 9.50. The molecule has 1 N–H and O–H groups in total. The lowest BCUT2D eigenvalue weighted by molar-refractivity contribution is -0.181. The van der Waals surface area contributed by atoms with Gasteiger partial charge in [-0.3, -0.25) is 9.59 Å². The monoisotopic (exact) mass is 214 g/mol. The number of esters is 1. The first kappa shape index (κ1) is 12.2. The van der Waals surface area contributed by atoms with Crippen LogP contribution in [0.5, 0.6) is 0 Å². The van der Waals surface area contributed by atoms with Crippen LogP contribution < -0.4 is 0 Å². The lowest BCUT2D eigenvalue weighted by Gasteiger charge is -2.49. The highest BCUT2D eigenvalue weighted by atomic mass is 16.5. The van der Waals surface area contributed by atoms with E-state index in [1.165, 1.54) is 0 Å². The largest absolute Gasteiger partial charge is 0.465 e. The lowest BCUT2D eigenvalue weighted by Crippen LogP contribution is -2.61. The lowest BCUT2D eigenvalue weighted by atomic mass is 9.51. The Morgan fingerprint density at radius 1 is 1.53 bits per heavy atom. The summed E-state index contributed by atoms with van der Waals surface area (Å²) in [5, 5.41) is 9.08. The van der Waals surface area contributed by atoms with Crippen molar-refractivity contribution in [1.82, 2.24) is 0 Å². The Morgan fingerprint density at radius 3 is 2.47 bits per heavy atom. The van der Waals surface area contributed by atoms with Gasteiger partial charge >= 0.3 is 5.97 Å². The first-order valence-corrected chi connectivity index (χ1v) is 5.30. The second kappa shape index (κ2) is 3.93. The molecule has 0 aliphatic heterocycles. The van der Waals surface area contributed by atoms with Crippen LogP contribution >= 0.6 is 0 Å². The summed E-state index contributed by atoms with van der Waals surface area (Å²) in [4.78, 5) is 23.6. The van der Waals surface area contributed by atoms with Gasteiger partial charge in [-0.1, -0.05) is 13.8 Å². The standard InChI is InChI=1S/C11H18O4/c1-4-11(9(14)15-5-2)6-10(3,7-12)8(11)13/h12H,4-7H2,1-3H3/t10-,11+/m0/s1. The van der Waals surface area contributed by atoms with Gasteiger partial charge in [0.15, 0.2) is 5.78 Å². The summed E-state index contributed by atoms with van der Waals surface area (Å²) in [5.41, 5.74) is -1.74. The summed E-state index contributed by atoms with van der Waals surface area (Å²) in [6.45, 7) is 5.28. The summed E-state index contributed by atoms with van der Waals surface area (Å²) in [5.74, 6) is -0.623. The highest BCUT2D eigenvalue weighted by Gasteiger charge is 2.64. The molecule has 0 saturated heterocycles. The van der Waals surface area contributed by atoms with Crippen LogP contribution in [0.1, 0.15) is 33.6 Å². The van der Waals surface area contributed by atoms with E-state index in [0.29, 0.717) is 12.8 Å². The van der Waals surface area contributed by atoms with Crippen LogP contribution in [0.25, 0.3) is 0 Å². The zero-order chi connectivity index (χ0) is 11.7. The molecule has 4 heteroatoms. The molecular weight excluding hydrogens is 196 g/mol. The molecule has 2 atom stereocenters. The smallest absolute Gasteiger partial charge is 0.319 e. The topological polar surface area (TPSA) is 63.6 Å². The molecule has 15 heavy (non-hydrogen) atoms. The quantitative estimate of drug-likeness (QED) is 0.558. The van der Waals surface area contributed by atoms with Crippen molar-refractivity contribution >= 4 is 11.8 Å². The molecule has 0 radical (unpaired) electrons. The van der Waals surface area contributed by atoms with E-state index in [1.54, 1.807) is 20.8 Å². The van der Waals surface area contributed by atoms with Gasteiger partial charge in [0.2, 0.25) is 0 Å². The van der Waals surface area contributed by atoms with Crippen molar-refractivity contribution in [3.05, 3.63) is 0 Å². The fourth-order valence-electron chi connectivity index (χ4n) is 2.29. The molecule has 0 bridgehead atoms. The van der Waals surface area contributed by atoms with E-state index in [0.717, 1.165) is 0 Å². The van der Waals surface area contributed by atoms with Crippen molar-refractivity contribution < 1.29 is 19.4 Å². The van der Waals surface area contributed by atoms with Crippen molar-refractivity contribution in [3.8, 4) is 0 Å². The third kappa shape index (κ3) is 1.57. The molecule has 1 saturated carbocycles. The third-order valence-corrected chi connectivity index (χ3v) is 3.29. The van der Waals surface area contributed by atoms with Gasteiger partial charge in [-0.05, 0) is 19.8 Å². The number of carbonyl (C=O) groups excluding carboxylic acids is 2. The van der Waals surface area contributed by atoms with Crippen molar-refractivity contribution in [2.24, 2.45) is 10.8 Å². The van der Waals surface area contributed by atoms with E-state index >= 15 is 0 Å². The maximum absolute atomic E-state index is 11.9. The molecule has 0 unspecified atom stereocenters. The molecule has 4 nitrogen and oxygen atoms in total. The van der Waals surface area contributed by atoms with Gasteiger partial charge in [0.25, 0.3) is 0 Å². The Balaban J connectivity index is 2.84. The summed E-state index contributed by atoms with van der Waals surface area (Å²) < 4.78 is 4.91. The van der Waals surface area contributed by atoms with Crippen LogP contribution in [0.15, 0.2) is 0 Å². The third-order valence-electron chi connectivity index (χ3n) is 3.29. The number of aliphatic hydroxyl groups excluding tert-OH is 1.